The molecule has 0 amide bonds. The maximum atomic E-state index is 11.5. The number of para-hydroxylation sites is 1. The number of hydrogen-bond acceptors (Lipinski definition) is 2. The SMILES string of the molecule is O=S(O)c1cccc2cccc(Nc3ccccc3)c12. The summed E-state index contributed by atoms with van der Waals surface area (Å²) in [4.78, 5) is 0.418. The molecule has 20 heavy (non-hydrogen) atoms. The van der Waals surface area contributed by atoms with E-state index < -0.39 is 11.1 Å². The summed E-state index contributed by atoms with van der Waals surface area (Å²) in [6.45, 7) is 0. The normalized spacial score (nSPS) is 12.2. The summed E-state index contributed by atoms with van der Waals surface area (Å²) >= 11 is -2.01. The third-order valence-corrected chi connectivity index (χ3v) is 3.82. The zero-order valence-electron chi connectivity index (χ0n) is 10.6. The van der Waals surface area contributed by atoms with E-state index in [1.54, 1.807) is 12.1 Å². The van der Waals surface area contributed by atoms with Gasteiger partial charge in [0.15, 0.2) is 11.1 Å². The molecule has 3 nitrogen and oxygen atoms in total. The van der Waals surface area contributed by atoms with Crippen LogP contribution in [0.2, 0.25) is 0 Å². The van der Waals surface area contributed by atoms with E-state index in [0.29, 0.717) is 4.90 Å². The molecule has 0 saturated carbocycles. The fourth-order valence-corrected chi connectivity index (χ4v) is 2.83. The van der Waals surface area contributed by atoms with Crippen LogP contribution in [0.15, 0.2) is 71.6 Å². The number of anilines is 2. The Morgan fingerprint density at radius 1 is 0.850 bits per heavy atom. The van der Waals surface area contributed by atoms with E-state index in [1.807, 2.05) is 54.6 Å². The molecule has 0 spiro atoms. The lowest BCUT2D eigenvalue weighted by atomic mass is 10.1. The Morgan fingerprint density at radius 3 is 2.25 bits per heavy atom. The fraction of sp³-hybridized carbons (Fsp3) is 0. The minimum Gasteiger partial charge on any atom is -0.355 e. The summed E-state index contributed by atoms with van der Waals surface area (Å²) < 4.78 is 21.0. The van der Waals surface area contributed by atoms with Gasteiger partial charge in [-0.2, -0.15) is 0 Å². The van der Waals surface area contributed by atoms with Crippen molar-refractivity contribution in [2.75, 3.05) is 5.32 Å². The van der Waals surface area contributed by atoms with Crippen LogP contribution in [0.1, 0.15) is 0 Å². The maximum Gasteiger partial charge on any atom is 0.187 e. The van der Waals surface area contributed by atoms with Crippen LogP contribution in [0.5, 0.6) is 0 Å². The van der Waals surface area contributed by atoms with Gasteiger partial charge in [0, 0.05) is 16.8 Å². The number of hydrogen-bond donors (Lipinski definition) is 2. The Kier molecular flexibility index (Phi) is 3.50. The second kappa shape index (κ2) is 5.45. The van der Waals surface area contributed by atoms with Crippen molar-refractivity contribution < 1.29 is 8.76 Å². The molecule has 0 heterocycles. The molecule has 1 atom stereocenters. The summed E-state index contributed by atoms with van der Waals surface area (Å²) in [5, 5.41) is 5.01. The molecular formula is C16H13NO2S. The van der Waals surface area contributed by atoms with Gasteiger partial charge < -0.3 is 9.87 Å². The van der Waals surface area contributed by atoms with Crippen LogP contribution >= 0.6 is 0 Å². The standard InChI is InChI=1S/C16H13NO2S/c18-20(19)15-11-5-7-12-6-4-10-14(16(12)15)17-13-8-2-1-3-9-13/h1-11,17H,(H,18,19). The van der Waals surface area contributed by atoms with E-state index in [2.05, 4.69) is 5.32 Å². The first-order chi connectivity index (χ1) is 9.75. The Hall–Kier alpha value is -2.17. The highest BCUT2D eigenvalue weighted by molar-refractivity contribution is 7.79. The van der Waals surface area contributed by atoms with Gasteiger partial charge in [0.25, 0.3) is 0 Å². The van der Waals surface area contributed by atoms with Crippen LogP contribution in [0.3, 0.4) is 0 Å². The maximum absolute atomic E-state index is 11.5. The number of nitrogens with one attached hydrogen (secondary N) is 1. The summed E-state index contributed by atoms with van der Waals surface area (Å²) in [5.74, 6) is 0. The smallest absolute Gasteiger partial charge is 0.187 e. The van der Waals surface area contributed by atoms with Gasteiger partial charge in [-0.15, -0.1) is 0 Å². The van der Waals surface area contributed by atoms with Gasteiger partial charge in [-0.05, 0) is 29.7 Å². The molecule has 2 N–H and O–H groups in total. The zero-order chi connectivity index (χ0) is 13.9. The molecular weight excluding hydrogens is 270 g/mol. The third-order valence-electron chi connectivity index (χ3n) is 3.11. The molecule has 0 fully saturated rings. The molecule has 0 saturated heterocycles. The largest absolute Gasteiger partial charge is 0.355 e. The lowest BCUT2D eigenvalue weighted by molar-refractivity contribution is 0.565. The van der Waals surface area contributed by atoms with Gasteiger partial charge in [-0.3, -0.25) is 0 Å². The van der Waals surface area contributed by atoms with Crippen LogP contribution in [0, 0.1) is 0 Å². The minimum atomic E-state index is -2.01. The molecule has 0 radical (unpaired) electrons. The van der Waals surface area contributed by atoms with Gasteiger partial charge >= 0.3 is 0 Å². The van der Waals surface area contributed by atoms with Crippen molar-refractivity contribution in [2.24, 2.45) is 0 Å². The molecule has 0 aromatic heterocycles. The Morgan fingerprint density at radius 2 is 1.55 bits per heavy atom. The molecule has 4 heteroatoms. The summed E-state index contributed by atoms with van der Waals surface area (Å²) in [5.41, 5.74) is 1.77. The number of rotatable bonds is 3. The van der Waals surface area contributed by atoms with Gasteiger partial charge in [0.05, 0.1) is 4.90 Å². The zero-order valence-corrected chi connectivity index (χ0v) is 11.4. The van der Waals surface area contributed by atoms with E-state index in [-0.39, 0.29) is 0 Å². The van der Waals surface area contributed by atoms with Crippen LogP contribution in [0.25, 0.3) is 10.8 Å². The Balaban J connectivity index is 2.18. The van der Waals surface area contributed by atoms with Crippen molar-refractivity contribution in [2.45, 2.75) is 4.90 Å². The second-order valence-corrected chi connectivity index (χ2v) is 5.34. The lowest BCUT2D eigenvalue weighted by Gasteiger charge is -2.12. The average molecular weight is 283 g/mol. The number of benzene rings is 3. The highest BCUT2D eigenvalue weighted by Gasteiger charge is 2.10. The quantitative estimate of drug-likeness (QED) is 0.709. The first-order valence-corrected chi connectivity index (χ1v) is 7.31. The predicted octanol–water partition coefficient (Wildman–Crippen LogP) is 4.16. The molecule has 1 unspecified atom stereocenters. The molecule has 0 aliphatic heterocycles. The summed E-state index contributed by atoms with van der Waals surface area (Å²) in [7, 11) is 0. The highest BCUT2D eigenvalue weighted by atomic mass is 32.2. The van der Waals surface area contributed by atoms with Crippen molar-refractivity contribution in [3.63, 3.8) is 0 Å². The van der Waals surface area contributed by atoms with Crippen molar-refractivity contribution in [1.29, 1.82) is 0 Å². The minimum absolute atomic E-state index is 0.418. The molecule has 3 aromatic carbocycles. The average Bonchev–Trinajstić information content (AvgIpc) is 2.48. The first-order valence-electron chi connectivity index (χ1n) is 6.20. The van der Waals surface area contributed by atoms with Gasteiger partial charge in [-0.1, -0.05) is 42.5 Å². The van der Waals surface area contributed by atoms with Crippen molar-refractivity contribution >= 4 is 33.2 Å². The van der Waals surface area contributed by atoms with Crippen LogP contribution < -0.4 is 5.32 Å². The summed E-state index contributed by atoms with van der Waals surface area (Å²) in [6.07, 6.45) is 0. The van der Waals surface area contributed by atoms with Crippen LogP contribution in [0.4, 0.5) is 11.4 Å². The molecule has 100 valence electrons. The van der Waals surface area contributed by atoms with E-state index in [9.17, 15) is 8.76 Å². The fourth-order valence-electron chi connectivity index (χ4n) is 2.23. The summed E-state index contributed by atoms with van der Waals surface area (Å²) in [6, 6.07) is 20.9. The lowest BCUT2D eigenvalue weighted by Crippen LogP contribution is -1.96. The second-order valence-electron chi connectivity index (χ2n) is 4.40. The monoisotopic (exact) mass is 283 g/mol. The van der Waals surface area contributed by atoms with Crippen molar-refractivity contribution in [1.82, 2.24) is 0 Å². The predicted molar refractivity (Wildman–Crippen MR) is 82.7 cm³/mol. The van der Waals surface area contributed by atoms with E-state index in [1.165, 1.54) is 0 Å². The Labute approximate surface area is 119 Å². The van der Waals surface area contributed by atoms with Crippen molar-refractivity contribution in [3.8, 4) is 0 Å². The van der Waals surface area contributed by atoms with E-state index in [0.717, 1.165) is 22.1 Å². The topological polar surface area (TPSA) is 49.3 Å². The van der Waals surface area contributed by atoms with Crippen LogP contribution in [-0.4, -0.2) is 8.76 Å². The molecule has 3 aromatic rings. The molecule has 0 bridgehead atoms. The van der Waals surface area contributed by atoms with Gasteiger partial charge in [-0.25, -0.2) is 4.21 Å². The highest BCUT2D eigenvalue weighted by Crippen LogP contribution is 2.30. The first kappa shape index (κ1) is 12.8. The molecule has 0 aliphatic rings. The van der Waals surface area contributed by atoms with Gasteiger partial charge in [0.1, 0.15) is 0 Å². The number of fused-ring (bicyclic) bond motifs is 1. The Bertz CT molecular complexity index is 767. The van der Waals surface area contributed by atoms with Crippen LogP contribution in [-0.2, 0) is 11.1 Å². The van der Waals surface area contributed by atoms with Gasteiger partial charge in [0.2, 0.25) is 0 Å². The van der Waals surface area contributed by atoms with Crippen molar-refractivity contribution in [3.05, 3.63) is 66.7 Å². The van der Waals surface area contributed by atoms with E-state index >= 15 is 0 Å². The molecule has 3 rings (SSSR count). The molecule has 0 aliphatic carbocycles. The third kappa shape index (κ3) is 2.43. The van der Waals surface area contributed by atoms with E-state index in [4.69, 9.17) is 0 Å².